The summed E-state index contributed by atoms with van der Waals surface area (Å²) in [5.41, 5.74) is 4.95. The molecule has 0 amide bonds. The molecule has 0 aromatic carbocycles. The van der Waals surface area contributed by atoms with E-state index in [-0.39, 0.29) is 0 Å². The molecule has 0 aliphatic carbocycles. The number of nitrogens with zero attached hydrogens (tertiary/aromatic N) is 4. The molecular formula is C31H38N4+2. The van der Waals surface area contributed by atoms with Gasteiger partial charge in [0.2, 0.25) is 0 Å². The maximum absolute atomic E-state index is 4.09. The van der Waals surface area contributed by atoms with Gasteiger partial charge in [0.1, 0.15) is 13.1 Å². The lowest BCUT2D eigenvalue weighted by Gasteiger charge is -2.03. The van der Waals surface area contributed by atoms with Crippen molar-refractivity contribution >= 4 is 0 Å². The minimum Gasteiger partial charge on any atom is -0.265 e. The fraction of sp³-hybridized carbons (Fsp3) is 0.355. The minimum atomic E-state index is 1.11. The van der Waals surface area contributed by atoms with Gasteiger partial charge in [0.25, 0.3) is 0 Å². The standard InChI is InChI=1S/C31H38N4/c1(2-4-6-8-22-34-24-14-30(15-25-34)28-10-18-32-19-11-28)3-5-7-9-23-35-26-16-31(17-27-35)29-12-20-33-21-13-29/h10-21,24-27H,1-9,22-23H2/q+2. The van der Waals surface area contributed by atoms with Crippen LogP contribution in [0, 0.1) is 0 Å². The van der Waals surface area contributed by atoms with Crippen molar-refractivity contribution in [2.24, 2.45) is 0 Å². The summed E-state index contributed by atoms with van der Waals surface area (Å²) in [6.45, 7) is 2.22. The Morgan fingerprint density at radius 2 is 0.657 bits per heavy atom. The van der Waals surface area contributed by atoms with Crippen LogP contribution < -0.4 is 9.13 Å². The zero-order chi connectivity index (χ0) is 24.0. The molecule has 0 saturated carbocycles. The van der Waals surface area contributed by atoms with E-state index in [1.54, 1.807) is 0 Å². The summed E-state index contributed by atoms with van der Waals surface area (Å²) < 4.78 is 4.60. The Balaban J connectivity index is 0.994. The van der Waals surface area contributed by atoms with Crippen molar-refractivity contribution in [2.45, 2.75) is 70.9 Å². The van der Waals surface area contributed by atoms with E-state index in [0.717, 1.165) is 13.1 Å². The molecule has 0 fully saturated rings. The van der Waals surface area contributed by atoms with Gasteiger partial charge in [-0.05, 0) is 59.4 Å². The lowest BCUT2D eigenvalue weighted by atomic mass is 10.1. The largest absolute Gasteiger partial charge is 0.265 e. The van der Waals surface area contributed by atoms with Gasteiger partial charge in [0, 0.05) is 61.9 Å². The van der Waals surface area contributed by atoms with E-state index in [9.17, 15) is 0 Å². The van der Waals surface area contributed by atoms with E-state index in [0.29, 0.717) is 0 Å². The van der Waals surface area contributed by atoms with Gasteiger partial charge in [-0.3, -0.25) is 9.97 Å². The third kappa shape index (κ3) is 8.40. The summed E-state index contributed by atoms with van der Waals surface area (Å²) in [6.07, 6.45) is 28.2. The van der Waals surface area contributed by atoms with E-state index in [2.05, 4.69) is 92.4 Å². The van der Waals surface area contributed by atoms with Gasteiger partial charge in [-0.1, -0.05) is 32.1 Å². The molecular weight excluding hydrogens is 428 g/mol. The molecule has 0 radical (unpaired) electrons. The second-order valence-electron chi connectivity index (χ2n) is 9.30. The number of pyridine rings is 4. The van der Waals surface area contributed by atoms with Crippen LogP contribution in [0.3, 0.4) is 0 Å². The van der Waals surface area contributed by atoms with Gasteiger partial charge < -0.3 is 0 Å². The van der Waals surface area contributed by atoms with Crippen LogP contribution in [0.15, 0.2) is 98.1 Å². The first kappa shape index (κ1) is 24.7. The molecule has 180 valence electrons. The molecule has 0 bridgehead atoms. The average molecular weight is 467 g/mol. The number of rotatable bonds is 14. The predicted molar refractivity (Wildman–Crippen MR) is 141 cm³/mol. The summed E-state index contributed by atoms with van der Waals surface area (Å²) in [6, 6.07) is 17.0. The van der Waals surface area contributed by atoms with Crippen LogP contribution in [-0.2, 0) is 13.1 Å². The molecule has 4 aromatic heterocycles. The second-order valence-corrected chi connectivity index (χ2v) is 9.30. The van der Waals surface area contributed by atoms with Crippen molar-refractivity contribution in [2.75, 3.05) is 0 Å². The Bertz CT molecular complexity index is 1000. The van der Waals surface area contributed by atoms with Crippen molar-refractivity contribution in [1.29, 1.82) is 0 Å². The van der Waals surface area contributed by atoms with Crippen LogP contribution in [0.1, 0.15) is 57.8 Å². The summed E-state index contributed by atoms with van der Waals surface area (Å²) in [7, 11) is 0. The first-order valence-corrected chi connectivity index (χ1v) is 13.2. The molecule has 0 atom stereocenters. The first-order valence-electron chi connectivity index (χ1n) is 13.2. The highest BCUT2D eigenvalue weighted by Crippen LogP contribution is 2.17. The fourth-order valence-electron chi connectivity index (χ4n) is 4.51. The third-order valence-electron chi connectivity index (χ3n) is 6.64. The molecule has 4 rings (SSSR count). The molecule has 35 heavy (non-hydrogen) atoms. The molecule has 4 heterocycles. The van der Waals surface area contributed by atoms with E-state index in [4.69, 9.17) is 0 Å². The molecule has 4 heteroatoms. The minimum absolute atomic E-state index is 1.11. The number of hydrogen-bond donors (Lipinski definition) is 0. The predicted octanol–water partition coefficient (Wildman–Crippen LogP) is 6.60. The van der Waals surface area contributed by atoms with E-state index in [1.165, 1.54) is 80.0 Å². The van der Waals surface area contributed by atoms with Crippen LogP contribution in [0.4, 0.5) is 0 Å². The maximum atomic E-state index is 4.09. The van der Waals surface area contributed by atoms with Crippen LogP contribution in [0.2, 0.25) is 0 Å². The Kier molecular flexibility index (Phi) is 9.96. The van der Waals surface area contributed by atoms with Gasteiger partial charge in [-0.2, -0.15) is 0 Å². The highest BCUT2D eigenvalue weighted by molar-refractivity contribution is 5.62. The van der Waals surface area contributed by atoms with E-state index in [1.807, 2.05) is 24.8 Å². The lowest BCUT2D eigenvalue weighted by Crippen LogP contribution is -2.32. The topological polar surface area (TPSA) is 33.5 Å². The second kappa shape index (κ2) is 14.1. The highest BCUT2D eigenvalue weighted by atomic mass is 14.9. The zero-order valence-electron chi connectivity index (χ0n) is 20.8. The third-order valence-corrected chi connectivity index (χ3v) is 6.64. The average Bonchev–Trinajstić information content (AvgIpc) is 2.93. The Morgan fingerprint density at radius 1 is 0.371 bits per heavy atom. The molecule has 4 nitrogen and oxygen atoms in total. The summed E-state index contributed by atoms with van der Waals surface area (Å²) in [5, 5.41) is 0. The Labute approximate surface area is 210 Å². The van der Waals surface area contributed by atoms with E-state index < -0.39 is 0 Å². The number of aromatic nitrogens is 4. The molecule has 0 aliphatic heterocycles. The smallest absolute Gasteiger partial charge is 0.169 e. The highest BCUT2D eigenvalue weighted by Gasteiger charge is 2.04. The molecule has 0 N–H and O–H groups in total. The van der Waals surface area contributed by atoms with Gasteiger partial charge in [-0.25, -0.2) is 9.13 Å². The fourth-order valence-corrected chi connectivity index (χ4v) is 4.51. The molecule has 4 aromatic rings. The summed E-state index contributed by atoms with van der Waals surface area (Å²) in [4.78, 5) is 8.18. The van der Waals surface area contributed by atoms with Crippen molar-refractivity contribution in [3.8, 4) is 22.3 Å². The van der Waals surface area contributed by atoms with Crippen LogP contribution in [0.25, 0.3) is 22.3 Å². The van der Waals surface area contributed by atoms with E-state index >= 15 is 0 Å². The van der Waals surface area contributed by atoms with Gasteiger partial charge in [0.05, 0.1) is 0 Å². The Morgan fingerprint density at radius 3 is 1.00 bits per heavy atom. The van der Waals surface area contributed by atoms with Crippen LogP contribution >= 0.6 is 0 Å². The number of aryl methyl sites for hydroxylation is 2. The first-order chi connectivity index (χ1) is 17.4. The Hall–Kier alpha value is -3.40. The molecule has 0 spiro atoms. The number of unbranched alkanes of at least 4 members (excludes halogenated alkanes) is 8. The van der Waals surface area contributed by atoms with Gasteiger partial charge in [-0.15, -0.1) is 0 Å². The van der Waals surface area contributed by atoms with Crippen molar-refractivity contribution in [3.05, 3.63) is 98.1 Å². The quantitative estimate of drug-likeness (QED) is 0.155. The van der Waals surface area contributed by atoms with Crippen molar-refractivity contribution in [3.63, 3.8) is 0 Å². The summed E-state index contributed by atoms with van der Waals surface area (Å²) >= 11 is 0. The van der Waals surface area contributed by atoms with Crippen molar-refractivity contribution < 1.29 is 9.13 Å². The van der Waals surface area contributed by atoms with Gasteiger partial charge >= 0.3 is 0 Å². The lowest BCUT2D eigenvalue weighted by molar-refractivity contribution is -0.697. The maximum Gasteiger partial charge on any atom is 0.169 e. The normalized spacial score (nSPS) is 11.0. The van der Waals surface area contributed by atoms with Crippen LogP contribution in [0.5, 0.6) is 0 Å². The van der Waals surface area contributed by atoms with Crippen molar-refractivity contribution in [1.82, 2.24) is 9.97 Å². The summed E-state index contributed by atoms with van der Waals surface area (Å²) in [5.74, 6) is 0. The monoisotopic (exact) mass is 466 g/mol. The zero-order valence-corrected chi connectivity index (χ0v) is 20.8. The SMILES string of the molecule is c1cc(-c2cc[n+](CCCCCCCCCCC[n+]3ccc(-c4ccncc4)cc3)cc2)ccn1. The molecule has 0 saturated heterocycles. The molecule has 0 unspecified atom stereocenters. The van der Waals surface area contributed by atoms with Gasteiger partial charge in [0.15, 0.2) is 24.8 Å². The van der Waals surface area contributed by atoms with Crippen LogP contribution in [-0.4, -0.2) is 9.97 Å². The number of hydrogen-bond acceptors (Lipinski definition) is 2. The molecule has 0 aliphatic rings.